The van der Waals surface area contributed by atoms with E-state index in [-0.39, 0.29) is 10.8 Å². The van der Waals surface area contributed by atoms with Crippen molar-refractivity contribution >= 4 is 21.6 Å². The van der Waals surface area contributed by atoms with Crippen LogP contribution in [-0.4, -0.2) is 24.6 Å². The first-order valence-corrected chi connectivity index (χ1v) is 5.66. The van der Waals surface area contributed by atoms with Gasteiger partial charge in [-0.2, -0.15) is 0 Å². The lowest BCUT2D eigenvalue weighted by Gasteiger charge is -2.34. The van der Waals surface area contributed by atoms with E-state index >= 15 is 0 Å². The smallest absolute Gasteiger partial charge is 0.146 e. The van der Waals surface area contributed by atoms with Gasteiger partial charge in [-0.15, -0.1) is 0 Å². The average Bonchev–Trinajstić information content (AvgIpc) is 2.23. The number of piperazine rings is 1. The summed E-state index contributed by atoms with van der Waals surface area (Å²) in [6.45, 7) is 2.16. The van der Waals surface area contributed by atoms with Crippen LogP contribution in [0, 0.1) is 11.6 Å². The van der Waals surface area contributed by atoms with Crippen molar-refractivity contribution in [3.05, 3.63) is 29.8 Å². The molecule has 1 unspecified atom stereocenters. The summed E-state index contributed by atoms with van der Waals surface area (Å²) in [4.78, 5) is 1.82. The Balaban J connectivity index is 2.30. The third-order valence-electron chi connectivity index (χ3n) is 2.40. The molecule has 1 aromatic rings. The summed E-state index contributed by atoms with van der Waals surface area (Å²) >= 11 is 3.42. The van der Waals surface area contributed by atoms with Gasteiger partial charge in [-0.05, 0) is 12.1 Å². The monoisotopic (exact) mass is 276 g/mol. The van der Waals surface area contributed by atoms with Crippen LogP contribution in [0.15, 0.2) is 18.2 Å². The van der Waals surface area contributed by atoms with E-state index in [1.165, 1.54) is 6.07 Å². The molecule has 5 heteroatoms. The van der Waals surface area contributed by atoms with Gasteiger partial charge in [0.25, 0.3) is 0 Å². The predicted molar refractivity (Wildman–Crippen MR) is 59.3 cm³/mol. The predicted octanol–water partition coefficient (Wildman–Crippen LogP) is 2.10. The van der Waals surface area contributed by atoms with Crippen molar-refractivity contribution in [2.45, 2.75) is 4.95 Å². The molecule has 15 heavy (non-hydrogen) atoms. The van der Waals surface area contributed by atoms with E-state index in [9.17, 15) is 8.78 Å². The maximum Gasteiger partial charge on any atom is 0.146 e. The van der Waals surface area contributed by atoms with Crippen molar-refractivity contribution in [3.63, 3.8) is 0 Å². The number of halogens is 3. The molecule has 1 N–H and O–H groups in total. The molecular weight excluding hydrogens is 266 g/mol. The van der Waals surface area contributed by atoms with E-state index in [1.54, 1.807) is 0 Å². The number of rotatable bonds is 1. The van der Waals surface area contributed by atoms with Gasteiger partial charge >= 0.3 is 0 Å². The summed E-state index contributed by atoms with van der Waals surface area (Å²) in [7, 11) is 0. The highest BCUT2D eigenvalue weighted by Gasteiger charge is 2.22. The molecule has 0 aromatic heterocycles. The number of nitrogens with zero attached hydrogens (tertiary/aromatic N) is 1. The van der Waals surface area contributed by atoms with Crippen LogP contribution in [0.4, 0.5) is 14.5 Å². The third kappa shape index (κ3) is 2.29. The van der Waals surface area contributed by atoms with Crippen molar-refractivity contribution in [2.75, 3.05) is 24.5 Å². The van der Waals surface area contributed by atoms with Gasteiger partial charge in [-0.1, -0.05) is 15.9 Å². The van der Waals surface area contributed by atoms with E-state index in [0.717, 1.165) is 25.2 Å². The second-order valence-corrected chi connectivity index (χ2v) is 4.48. The Morgan fingerprint density at radius 2 is 2.20 bits per heavy atom. The Kier molecular flexibility index (Phi) is 3.21. The van der Waals surface area contributed by atoms with E-state index in [0.29, 0.717) is 12.2 Å². The van der Waals surface area contributed by atoms with Gasteiger partial charge in [0.1, 0.15) is 11.6 Å². The fourth-order valence-corrected chi connectivity index (χ4v) is 2.30. The van der Waals surface area contributed by atoms with Crippen LogP contribution < -0.4 is 10.2 Å². The molecule has 1 aromatic carbocycles. The van der Waals surface area contributed by atoms with Crippen molar-refractivity contribution in [3.8, 4) is 0 Å². The molecule has 1 fully saturated rings. The van der Waals surface area contributed by atoms with E-state index in [4.69, 9.17) is 0 Å². The molecule has 1 saturated heterocycles. The van der Waals surface area contributed by atoms with Crippen molar-refractivity contribution in [1.82, 2.24) is 5.32 Å². The fourth-order valence-electron chi connectivity index (χ4n) is 1.65. The lowest BCUT2D eigenvalue weighted by atomic mass is 10.2. The zero-order chi connectivity index (χ0) is 10.8. The molecule has 0 bridgehead atoms. The van der Waals surface area contributed by atoms with E-state index in [1.807, 2.05) is 4.90 Å². The first-order chi connectivity index (χ1) is 7.18. The average molecular weight is 277 g/mol. The Morgan fingerprint density at radius 1 is 1.40 bits per heavy atom. The summed E-state index contributed by atoms with van der Waals surface area (Å²) in [6, 6.07) is 3.52. The number of anilines is 1. The van der Waals surface area contributed by atoms with Gasteiger partial charge in [-0.25, -0.2) is 8.78 Å². The highest BCUT2D eigenvalue weighted by atomic mass is 79.9. The minimum Gasteiger partial charge on any atom is -0.354 e. The van der Waals surface area contributed by atoms with Gasteiger partial charge in [0, 0.05) is 25.7 Å². The largest absolute Gasteiger partial charge is 0.354 e. The molecule has 82 valence electrons. The molecule has 1 aliphatic heterocycles. The topological polar surface area (TPSA) is 15.3 Å². The Labute approximate surface area is 95.4 Å². The Bertz CT molecular complexity index is 359. The molecule has 0 radical (unpaired) electrons. The minimum atomic E-state index is -0.412. The quantitative estimate of drug-likeness (QED) is 0.624. The van der Waals surface area contributed by atoms with Gasteiger partial charge in [0.05, 0.1) is 10.6 Å². The first-order valence-electron chi connectivity index (χ1n) is 4.75. The molecule has 1 atom stereocenters. The zero-order valence-electron chi connectivity index (χ0n) is 8.01. The van der Waals surface area contributed by atoms with Crippen LogP contribution in [0.1, 0.15) is 0 Å². The maximum absolute atomic E-state index is 13.5. The van der Waals surface area contributed by atoms with Crippen LogP contribution in [-0.2, 0) is 0 Å². The van der Waals surface area contributed by atoms with Crippen LogP contribution in [0.3, 0.4) is 0 Å². The first kappa shape index (κ1) is 10.8. The van der Waals surface area contributed by atoms with Crippen molar-refractivity contribution in [1.29, 1.82) is 0 Å². The highest BCUT2D eigenvalue weighted by molar-refractivity contribution is 9.09. The number of benzene rings is 1. The molecule has 0 amide bonds. The van der Waals surface area contributed by atoms with Crippen molar-refractivity contribution < 1.29 is 8.78 Å². The maximum atomic E-state index is 13.5. The Hall–Kier alpha value is -0.680. The number of hydrogen-bond acceptors (Lipinski definition) is 2. The molecule has 0 aliphatic carbocycles. The van der Waals surface area contributed by atoms with Crippen molar-refractivity contribution in [2.24, 2.45) is 0 Å². The van der Waals surface area contributed by atoms with Gasteiger partial charge in [0.2, 0.25) is 0 Å². The summed E-state index contributed by atoms with van der Waals surface area (Å²) < 4.78 is 26.5. The molecule has 0 spiro atoms. The van der Waals surface area contributed by atoms with Crippen LogP contribution in [0.2, 0.25) is 0 Å². The lowest BCUT2D eigenvalue weighted by molar-refractivity contribution is 0.545. The summed E-state index contributed by atoms with van der Waals surface area (Å²) in [5.74, 6) is -0.799. The third-order valence-corrected chi connectivity index (χ3v) is 3.22. The zero-order valence-corrected chi connectivity index (χ0v) is 9.60. The van der Waals surface area contributed by atoms with Crippen LogP contribution in [0.25, 0.3) is 0 Å². The Morgan fingerprint density at radius 3 is 2.93 bits per heavy atom. The van der Waals surface area contributed by atoms with Crippen LogP contribution >= 0.6 is 15.9 Å². The summed E-state index contributed by atoms with van der Waals surface area (Å²) in [5, 5.41) is 3.16. The second-order valence-electron chi connectivity index (χ2n) is 3.43. The van der Waals surface area contributed by atoms with Gasteiger partial charge < -0.3 is 10.2 Å². The molecule has 0 saturated carbocycles. The van der Waals surface area contributed by atoms with Gasteiger partial charge in [-0.3, -0.25) is 0 Å². The molecule has 1 aliphatic rings. The number of nitrogens with one attached hydrogen (secondary N) is 1. The van der Waals surface area contributed by atoms with E-state index in [2.05, 4.69) is 21.2 Å². The van der Waals surface area contributed by atoms with Crippen LogP contribution in [0.5, 0.6) is 0 Å². The lowest BCUT2D eigenvalue weighted by Crippen LogP contribution is -2.48. The fraction of sp³-hybridized carbons (Fsp3) is 0.400. The SMILES string of the molecule is Fc1ccc(F)c(N2CCNCC2Br)c1. The standard InChI is InChI=1S/C10H11BrF2N2/c11-10-6-14-3-4-15(10)9-5-7(12)1-2-8(9)13/h1-2,5,10,14H,3-4,6H2. The summed E-state index contributed by atoms with van der Waals surface area (Å²) in [5.41, 5.74) is 0.318. The highest BCUT2D eigenvalue weighted by Crippen LogP contribution is 2.25. The number of alkyl halides is 1. The second kappa shape index (κ2) is 4.45. The minimum absolute atomic E-state index is 0.00236. The molecule has 2 rings (SSSR count). The molecule has 2 nitrogen and oxygen atoms in total. The summed E-state index contributed by atoms with van der Waals surface area (Å²) in [6.07, 6.45) is 0. The number of hydrogen-bond donors (Lipinski definition) is 1. The normalized spacial score (nSPS) is 21.8. The molecule has 1 heterocycles. The molecular formula is C10H11BrF2N2. The van der Waals surface area contributed by atoms with E-state index < -0.39 is 5.82 Å². The van der Waals surface area contributed by atoms with Gasteiger partial charge in [0.15, 0.2) is 0 Å².